The van der Waals surface area contributed by atoms with Crippen molar-refractivity contribution in [2.24, 2.45) is 5.41 Å². The summed E-state index contributed by atoms with van der Waals surface area (Å²) in [5.41, 5.74) is 0.979. The molecule has 6 nitrogen and oxygen atoms in total. The van der Waals surface area contributed by atoms with Crippen LogP contribution in [0.4, 0.5) is 0 Å². The third kappa shape index (κ3) is 3.42. The van der Waals surface area contributed by atoms with Gasteiger partial charge in [0, 0.05) is 70.1 Å². The predicted molar refractivity (Wildman–Crippen MR) is 85.5 cm³/mol. The smallest absolute Gasteiger partial charge is 0.223 e. The molecular weight excluding hydrogens is 294 g/mol. The molecule has 2 saturated heterocycles. The first-order chi connectivity index (χ1) is 11.0. The molecule has 0 aromatic carbocycles. The van der Waals surface area contributed by atoms with Crippen molar-refractivity contribution in [3.8, 4) is 0 Å². The summed E-state index contributed by atoms with van der Waals surface area (Å²) >= 11 is 0. The van der Waals surface area contributed by atoms with E-state index in [0.29, 0.717) is 13.0 Å². The Morgan fingerprint density at radius 3 is 2.74 bits per heavy atom. The highest BCUT2D eigenvalue weighted by atomic mass is 16.3. The maximum Gasteiger partial charge on any atom is 0.223 e. The van der Waals surface area contributed by atoms with Gasteiger partial charge in [0.2, 0.25) is 11.8 Å². The van der Waals surface area contributed by atoms with Crippen LogP contribution in [0.25, 0.3) is 0 Å². The minimum atomic E-state index is -0.154. The molecule has 2 aliphatic heterocycles. The Hall–Kier alpha value is -1.82. The average Bonchev–Trinajstić information content (AvgIpc) is 3.06. The molecule has 126 valence electrons. The van der Waals surface area contributed by atoms with E-state index in [1.165, 1.54) is 0 Å². The molecule has 0 N–H and O–H groups in total. The summed E-state index contributed by atoms with van der Waals surface area (Å²) in [5.74, 6) is 0.304. The maximum absolute atomic E-state index is 12.3. The minimum Gasteiger partial charge on any atom is -0.472 e. The Balaban J connectivity index is 1.80. The molecule has 3 rings (SSSR count). The van der Waals surface area contributed by atoms with Crippen LogP contribution < -0.4 is 0 Å². The number of furan rings is 1. The lowest BCUT2D eigenvalue weighted by molar-refractivity contribution is -0.130. The fourth-order valence-corrected chi connectivity index (χ4v) is 3.88. The summed E-state index contributed by atoms with van der Waals surface area (Å²) in [5, 5.41) is 0. The highest BCUT2D eigenvalue weighted by molar-refractivity contribution is 5.80. The van der Waals surface area contributed by atoms with Gasteiger partial charge in [-0.15, -0.1) is 0 Å². The molecule has 2 amide bonds. The van der Waals surface area contributed by atoms with Crippen molar-refractivity contribution in [2.75, 3.05) is 39.3 Å². The van der Waals surface area contributed by atoms with Gasteiger partial charge < -0.3 is 14.2 Å². The first-order valence-electron chi connectivity index (χ1n) is 8.28. The number of hydrogen-bond acceptors (Lipinski definition) is 4. The summed E-state index contributed by atoms with van der Waals surface area (Å²) in [4.78, 5) is 30.4. The number of rotatable bonds is 3. The number of hydrogen-bond donors (Lipinski definition) is 0. The second-order valence-corrected chi connectivity index (χ2v) is 6.87. The van der Waals surface area contributed by atoms with Gasteiger partial charge in [0.05, 0.1) is 12.5 Å². The number of carbonyl (C=O) groups excluding carboxylic acids is 2. The van der Waals surface area contributed by atoms with E-state index in [2.05, 4.69) is 4.90 Å². The van der Waals surface area contributed by atoms with E-state index in [4.69, 9.17) is 4.42 Å². The standard InChI is InChI=1S/C17H25N3O3/c1-3-19-12-17(8-16(19)22)11-18(9-15-4-7-23-10-15)5-6-20(13-17)14(2)21/h4,7,10H,3,5-6,8-9,11-13H2,1-2H3. The van der Waals surface area contributed by atoms with Crippen LogP contribution in [0.5, 0.6) is 0 Å². The lowest BCUT2D eigenvalue weighted by atomic mass is 9.86. The van der Waals surface area contributed by atoms with Crippen LogP contribution in [0.15, 0.2) is 23.0 Å². The highest BCUT2D eigenvalue weighted by Crippen LogP contribution is 2.35. The van der Waals surface area contributed by atoms with Crippen molar-refractivity contribution in [2.45, 2.75) is 26.8 Å². The number of nitrogens with zero attached hydrogens (tertiary/aromatic N) is 3. The molecule has 0 aliphatic carbocycles. The Morgan fingerprint density at radius 1 is 1.30 bits per heavy atom. The molecule has 2 fully saturated rings. The Bertz CT molecular complexity index is 572. The topological polar surface area (TPSA) is 57.0 Å². The van der Waals surface area contributed by atoms with Crippen LogP contribution in [-0.4, -0.2) is 65.8 Å². The molecule has 1 aromatic heterocycles. The molecule has 0 bridgehead atoms. The molecule has 0 radical (unpaired) electrons. The Morgan fingerprint density at radius 2 is 2.13 bits per heavy atom. The van der Waals surface area contributed by atoms with E-state index in [1.54, 1.807) is 19.5 Å². The van der Waals surface area contributed by atoms with E-state index in [1.807, 2.05) is 22.8 Å². The third-order valence-corrected chi connectivity index (χ3v) is 4.99. The van der Waals surface area contributed by atoms with Crippen LogP contribution in [-0.2, 0) is 16.1 Å². The zero-order valence-corrected chi connectivity index (χ0v) is 14.0. The zero-order valence-electron chi connectivity index (χ0n) is 14.0. The van der Waals surface area contributed by atoms with Crippen molar-refractivity contribution in [1.29, 1.82) is 0 Å². The summed E-state index contributed by atoms with van der Waals surface area (Å²) in [6.07, 6.45) is 3.98. The van der Waals surface area contributed by atoms with Crippen molar-refractivity contribution < 1.29 is 14.0 Å². The van der Waals surface area contributed by atoms with Crippen LogP contribution >= 0.6 is 0 Å². The third-order valence-electron chi connectivity index (χ3n) is 4.99. The van der Waals surface area contributed by atoms with Crippen molar-refractivity contribution in [1.82, 2.24) is 14.7 Å². The van der Waals surface area contributed by atoms with Gasteiger partial charge in [-0.05, 0) is 13.0 Å². The second kappa shape index (κ2) is 6.35. The van der Waals surface area contributed by atoms with Gasteiger partial charge in [0.15, 0.2) is 0 Å². The molecule has 3 heterocycles. The highest BCUT2D eigenvalue weighted by Gasteiger charge is 2.46. The molecular formula is C17H25N3O3. The monoisotopic (exact) mass is 319 g/mol. The van der Waals surface area contributed by atoms with Crippen LogP contribution in [0.3, 0.4) is 0 Å². The first kappa shape index (κ1) is 16.1. The van der Waals surface area contributed by atoms with Gasteiger partial charge >= 0.3 is 0 Å². The van der Waals surface area contributed by atoms with E-state index in [0.717, 1.165) is 44.8 Å². The molecule has 1 spiro atoms. The normalized spacial score (nSPS) is 26.1. The molecule has 1 unspecified atom stereocenters. The number of likely N-dealkylation sites (tertiary alicyclic amines) is 1. The fraction of sp³-hybridized carbons (Fsp3) is 0.647. The number of carbonyl (C=O) groups is 2. The van der Waals surface area contributed by atoms with E-state index >= 15 is 0 Å². The molecule has 2 aliphatic rings. The second-order valence-electron chi connectivity index (χ2n) is 6.87. The largest absolute Gasteiger partial charge is 0.472 e. The average molecular weight is 319 g/mol. The molecule has 1 atom stereocenters. The lowest BCUT2D eigenvalue weighted by Crippen LogP contribution is -2.43. The van der Waals surface area contributed by atoms with Gasteiger partial charge in [-0.3, -0.25) is 14.5 Å². The van der Waals surface area contributed by atoms with Gasteiger partial charge in [-0.2, -0.15) is 0 Å². The maximum atomic E-state index is 12.3. The summed E-state index contributed by atoms with van der Waals surface area (Å²) in [7, 11) is 0. The van der Waals surface area contributed by atoms with E-state index in [-0.39, 0.29) is 17.2 Å². The molecule has 1 aromatic rings. The minimum absolute atomic E-state index is 0.0944. The van der Waals surface area contributed by atoms with Crippen LogP contribution in [0.2, 0.25) is 0 Å². The number of amides is 2. The summed E-state index contributed by atoms with van der Waals surface area (Å²) < 4.78 is 5.16. The zero-order chi connectivity index (χ0) is 16.4. The van der Waals surface area contributed by atoms with Gasteiger partial charge in [0.25, 0.3) is 0 Å². The fourth-order valence-electron chi connectivity index (χ4n) is 3.88. The van der Waals surface area contributed by atoms with E-state index < -0.39 is 0 Å². The Kier molecular flexibility index (Phi) is 4.43. The lowest BCUT2D eigenvalue weighted by Gasteiger charge is -2.33. The van der Waals surface area contributed by atoms with Crippen LogP contribution in [0.1, 0.15) is 25.8 Å². The SMILES string of the molecule is CCN1CC2(CC1=O)CN(Cc1ccoc1)CCN(C(C)=O)C2. The quantitative estimate of drug-likeness (QED) is 0.839. The van der Waals surface area contributed by atoms with Crippen molar-refractivity contribution in [3.05, 3.63) is 24.2 Å². The summed E-state index contributed by atoms with van der Waals surface area (Å²) in [6.45, 7) is 8.97. The van der Waals surface area contributed by atoms with Gasteiger partial charge in [-0.1, -0.05) is 0 Å². The molecule has 23 heavy (non-hydrogen) atoms. The van der Waals surface area contributed by atoms with Crippen molar-refractivity contribution in [3.63, 3.8) is 0 Å². The first-order valence-corrected chi connectivity index (χ1v) is 8.28. The predicted octanol–water partition coefficient (Wildman–Crippen LogP) is 1.18. The molecule has 6 heteroatoms. The van der Waals surface area contributed by atoms with Crippen molar-refractivity contribution >= 4 is 11.8 Å². The Labute approximate surface area is 137 Å². The van der Waals surface area contributed by atoms with E-state index in [9.17, 15) is 9.59 Å². The molecule has 0 saturated carbocycles. The van der Waals surface area contributed by atoms with Gasteiger partial charge in [-0.25, -0.2) is 0 Å². The summed E-state index contributed by atoms with van der Waals surface area (Å²) in [6, 6.07) is 1.97. The van der Waals surface area contributed by atoms with Crippen LogP contribution in [0, 0.1) is 5.41 Å². The van der Waals surface area contributed by atoms with Gasteiger partial charge in [0.1, 0.15) is 0 Å².